The van der Waals surface area contributed by atoms with Gasteiger partial charge in [-0.2, -0.15) is 0 Å². The predicted octanol–water partition coefficient (Wildman–Crippen LogP) is 0.0312. The Kier molecular flexibility index (Phi) is 4.95. The van der Waals surface area contributed by atoms with E-state index in [1.54, 1.807) is 24.3 Å². The van der Waals surface area contributed by atoms with E-state index in [0.29, 0.717) is 11.4 Å². The van der Waals surface area contributed by atoms with E-state index in [9.17, 15) is 8.42 Å². The van der Waals surface area contributed by atoms with Crippen LogP contribution in [0.4, 0.5) is 11.4 Å². The summed E-state index contributed by atoms with van der Waals surface area (Å²) in [5.41, 5.74) is 12.5. The molecule has 2 rings (SSSR count). The second-order valence-corrected chi connectivity index (χ2v) is 8.84. The van der Waals surface area contributed by atoms with Gasteiger partial charge in [0.05, 0.1) is 0 Å². The predicted molar refractivity (Wildman–Crippen MR) is 70.4 cm³/mol. The smallest absolute Gasteiger partial charge is 0.412 e. The van der Waals surface area contributed by atoms with Gasteiger partial charge in [0, 0.05) is 0 Å². The Morgan fingerprint density at radius 3 is 1.95 bits per heavy atom. The molecule has 0 fully saturated rings. The van der Waals surface area contributed by atoms with Crippen LogP contribution in [0.3, 0.4) is 0 Å². The van der Waals surface area contributed by atoms with E-state index in [1.165, 1.54) is 18.2 Å². The number of hydrogen-bond donors (Lipinski definition) is 2. The molecule has 0 spiro atoms. The standard InChI is InChI=1S/C12H11N2O2S.Hg.H2O/c13-9-1-5-11(6-2-9)17(15,16)12-7-3-10(14)4-8-12;;/h1-3,5-8H,13-14H2;;1H2. The van der Waals surface area contributed by atoms with E-state index in [4.69, 9.17) is 11.5 Å². The third-order valence-electron chi connectivity index (χ3n) is 2.62. The van der Waals surface area contributed by atoms with Crippen molar-refractivity contribution in [2.24, 2.45) is 0 Å². The van der Waals surface area contributed by atoms with Gasteiger partial charge in [0.1, 0.15) is 0 Å². The van der Waals surface area contributed by atoms with Crippen LogP contribution in [-0.4, -0.2) is 13.9 Å². The summed E-state index contributed by atoms with van der Waals surface area (Å²) in [7, 11) is -3.47. The van der Waals surface area contributed by atoms with Crippen molar-refractivity contribution < 1.29 is 40.0 Å². The summed E-state index contributed by atoms with van der Waals surface area (Å²) in [5, 5.41) is 0. The molecule has 0 heterocycles. The molecule has 0 unspecified atom stereocenters. The maximum Gasteiger partial charge on any atom is -0.412 e. The Bertz CT molecular complexity index is 685. The topological polar surface area (TPSA) is 118 Å². The summed E-state index contributed by atoms with van der Waals surface area (Å²) >= 11 is 0.284. The molecular formula is C12H13HgN2O3S. The van der Waals surface area contributed by atoms with Crippen molar-refractivity contribution >= 4 is 24.3 Å². The van der Waals surface area contributed by atoms with Crippen LogP contribution in [0.2, 0.25) is 0 Å². The van der Waals surface area contributed by atoms with Crippen LogP contribution in [0.1, 0.15) is 0 Å². The summed E-state index contributed by atoms with van der Waals surface area (Å²) in [6.07, 6.45) is 0. The SMILES string of the molecule is Nc1ccc(S(=O)(=O)c2ccc(N)[c]([Hg])c2)cc1.O. The van der Waals surface area contributed by atoms with Gasteiger partial charge >= 0.3 is 123 Å². The van der Waals surface area contributed by atoms with E-state index >= 15 is 0 Å². The van der Waals surface area contributed by atoms with Crippen LogP contribution in [0.25, 0.3) is 0 Å². The minimum Gasteiger partial charge on any atom is -0.412 e. The second-order valence-electron chi connectivity index (χ2n) is 3.93. The number of anilines is 2. The Morgan fingerprint density at radius 2 is 1.42 bits per heavy atom. The first kappa shape index (κ1) is 15.9. The van der Waals surface area contributed by atoms with Gasteiger partial charge in [-0.1, -0.05) is 0 Å². The van der Waals surface area contributed by atoms with Crippen molar-refractivity contribution in [1.82, 2.24) is 0 Å². The van der Waals surface area contributed by atoms with E-state index in [-0.39, 0.29) is 41.4 Å². The van der Waals surface area contributed by atoms with Crippen LogP contribution < -0.4 is 14.5 Å². The van der Waals surface area contributed by atoms with E-state index < -0.39 is 9.84 Å². The average molecular weight is 466 g/mol. The molecule has 0 saturated carbocycles. The molecule has 0 aliphatic rings. The molecule has 97 valence electrons. The van der Waals surface area contributed by atoms with Crippen molar-refractivity contribution in [2.75, 3.05) is 11.5 Å². The van der Waals surface area contributed by atoms with Crippen LogP contribution in [0.5, 0.6) is 0 Å². The van der Waals surface area contributed by atoms with Gasteiger partial charge in [-0.25, -0.2) is 0 Å². The molecule has 0 saturated heterocycles. The van der Waals surface area contributed by atoms with Crippen molar-refractivity contribution in [2.45, 2.75) is 9.79 Å². The monoisotopic (exact) mass is 467 g/mol. The molecule has 7 heteroatoms. The molecule has 0 aliphatic heterocycles. The van der Waals surface area contributed by atoms with Gasteiger partial charge < -0.3 is 5.48 Å². The zero-order valence-corrected chi connectivity index (χ0v) is 16.4. The normalized spacial score (nSPS) is 10.8. The summed E-state index contributed by atoms with van der Waals surface area (Å²) in [5.74, 6) is 0. The van der Waals surface area contributed by atoms with E-state index in [0.717, 1.165) is 3.07 Å². The fraction of sp³-hybridized carbons (Fsp3) is 0. The summed E-state index contributed by atoms with van der Waals surface area (Å²) in [6.45, 7) is 0. The molecule has 0 atom stereocenters. The number of rotatable bonds is 2. The number of benzene rings is 2. The summed E-state index contributed by atoms with van der Waals surface area (Å²) < 4.78 is 25.6. The van der Waals surface area contributed by atoms with Crippen molar-refractivity contribution in [3.8, 4) is 0 Å². The maximum atomic E-state index is 12.3. The Balaban J connectivity index is 0.00000180. The fourth-order valence-corrected chi connectivity index (χ4v) is 4.73. The van der Waals surface area contributed by atoms with Gasteiger partial charge in [0.25, 0.3) is 0 Å². The summed E-state index contributed by atoms with van der Waals surface area (Å²) in [6, 6.07) is 11.0. The minimum atomic E-state index is -3.47. The largest absolute Gasteiger partial charge is 0.412 e. The molecule has 0 amide bonds. The number of hydrogen-bond acceptors (Lipinski definition) is 4. The molecule has 0 bridgehead atoms. The molecule has 5 nitrogen and oxygen atoms in total. The second kappa shape index (κ2) is 5.89. The molecule has 0 aromatic heterocycles. The van der Waals surface area contributed by atoms with Crippen LogP contribution >= 0.6 is 0 Å². The van der Waals surface area contributed by atoms with Gasteiger partial charge in [-0.05, 0) is 0 Å². The Morgan fingerprint density at radius 1 is 0.895 bits per heavy atom. The first-order chi connectivity index (χ1) is 8.41. The van der Waals surface area contributed by atoms with Crippen LogP contribution in [0.15, 0.2) is 52.3 Å². The fourth-order valence-electron chi connectivity index (χ4n) is 1.53. The van der Waals surface area contributed by atoms with E-state index in [2.05, 4.69) is 0 Å². The summed E-state index contributed by atoms with van der Waals surface area (Å²) in [4.78, 5) is 0.528. The molecule has 2 aromatic carbocycles. The average Bonchev–Trinajstić information content (AvgIpc) is 2.33. The van der Waals surface area contributed by atoms with Crippen LogP contribution in [0, 0.1) is 0 Å². The zero-order chi connectivity index (χ0) is 13.3. The quantitative estimate of drug-likeness (QED) is 0.480. The van der Waals surface area contributed by atoms with Gasteiger partial charge in [-0.15, -0.1) is 0 Å². The van der Waals surface area contributed by atoms with Crippen molar-refractivity contribution in [3.05, 3.63) is 42.5 Å². The first-order valence-corrected chi connectivity index (χ1v) is 9.46. The third kappa shape index (κ3) is 3.26. The van der Waals surface area contributed by atoms with Gasteiger partial charge in [-0.3, -0.25) is 0 Å². The Labute approximate surface area is 127 Å². The number of nitrogens with two attached hydrogens (primary N) is 2. The van der Waals surface area contributed by atoms with E-state index in [1.807, 2.05) is 0 Å². The molecular weight excluding hydrogens is 453 g/mol. The Hall–Kier alpha value is -1.11. The first-order valence-electron chi connectivity index (χ1n) is 5.23. The zero-order valence-electron chi connectivity index (χ0n) is 10.1. The molecule has 6 N–H and O–H groups in total. The molecule has 0 aliphatic carbocycles. The molecule has 19 heavy (non-hydrogen) atoms. The maximum absolute atomic E-state index is 12.3. The van der Waals surface area contributed by atoms with Gasteiger partial charge in [0.15, 0.2) is 0 Å². The number of nitrogen functional groups attached to an aromatic ring is 2. The van der Waals surface area contributed by atoms with Crippen molar-refractivity contribution in [3.63, 3.8) is 0 Å². The molecule has 2 aromatic rings. The van der Waals surface area contributed by atoms with Crippen molar-refractivity contribution in [1.29, 1.82) is 0 Å². The molecule has 0 radical (unpaired) electrons. The third-order valence-corrected chi connectivity index (χ3v) is 6.76. The number of sulfone groups is 1. The van der Waals surface area contributed by atoms with Crippen LogP contribution in [-0.2, 0) is 36.0 Å². The minimum absolute atomic E-state index is 0. The van der Waals surface area contributed by atoms with Gasteiger partial charge in [0.2, 0.25) is 0 Å².